The van der Waals surface area contributed by atoms with Gasteiger partial charge < -0.3 is 14.4 Å². The van der Waals surface area contributed by atoms with E-state index in [-0.39, 0.29) is 11.8 Å². The number of amides is 1. The summed E-state index contributed by atoms with van der Waals surface area (Å²) in [5.41, 5.74) is 3.98. The van der Waals surface area contributed by atoms with Gasteiger partial charge in [-0.3, -0.25) is 9.48 Å². The van der Waals surface area contributed by atoms with Gasteiger partial charge in [0.2, 0.25) is 5.91 Å². The Morgan fingerprint density at radius 3 is 2.60 bits per heavy atom. The summed E-state index contributed by atoms with van der Waals surface area (Å²) in [6.45, 7) is 7.55. The van der Waals surface area contributed by atoms with E-state index in [4.69, 9.17) is 9.47 Å². The molecular weight excluding hydrogens is 318 g/mol. The van der Waals surface area contributed by atoms with E-state index in [0.29, 0.717) is 19.8 Å². The molecule has 0 fully saturated rings. The molecule has 6 nitrogen and oxygen atoms in total. The first-order chi connectivity index (χ1) is 11.9. The molecule has 0 aliphatic carbocycles. The SMILES string of the molecule is Cc1nn(C)c(C)c1[C@@H](C)C(=O)N(C)Cc1ccc2c(c1)OCCO2. The van der Waals surface area contributed by atoms with Crippen molar-refractivity contribution in [1.29, 1.82) is 0 Å². The molecule has 134 valence electrons. The van der Waals surface area contributed by atoms with Crippen molar-refractivity contribution in [1.82, 2.24) is 14.7 Å². The van der Waals surface area contributed by atoms with Crippen molar-refractivity contribution in [3.63, 3.8) is 0 Å². The minimum atomic E-state index is -0.226. The summed E-state index contributed by atoms with van der Waals surface area (Å²) in [4.78, 5) is 14.6. The molecule has 25 heavy (non-hydrogen) atoms. The molecule has 6 heteroatoms. The lowest BCUT2D eigenvalue weighted by Gasteiger charge is -2.23. The van der Waals surface area contributed by atoms with Crippen LogP contribution in [-0.4, -0.2) is 40.8 Å². The first-order valence-corrected chi connectivity index (χ1v) is 8.52. The number of hydrogen-bond acceptors (Lipinski definition) is 4. The maximum Gasteiger partial charge on any atom is 0.230 e. The molecule has 0 saturated heterocycles. The van der Waals surface area contributed by atoms with Crippen molar-refractivity contribution in [3.8, 4) is 11.5 Å². The number of nitrogens with zero attached hydrogens (tertiary/aromatic N) is 3. The summed E-state index contributed by atoms with van der Waals surface area (Å²) in [7, 11) is 3.73. The van der Waals surface area contributed by atoms with Crippen molar-refractivity contribution in [2.24, 2.45) is 7.05 Å². The lowest BCUT2D eigenvalue weighted by atomic mass is 9.97. The van der Waals surface area contributed by atoms with E-state index in [1.54, 1.807) is 4.90 Å². The van der Waals surface area contributed by atoms with Gasteiger partial charge in [0.25, 0.3) is 0 Å². The third-order valence-corrected chi connectivity index (χ3v) is 4.77. The summed E-state index contributed by atoms with van der Waals surface area (Å²) in [6, 6.07) is 5.83. The molecule has 3 rings (SSSR count). The van der Waals surface area contributed by atoms with Gasteiger partial charge in [-0.1, -0.05) is 6.07 Å². The second-order valence-corrected chi connectivity index (χ2v) is 6.60. The predicted octanol–water partition coefficient (Wildman–Crippen LogP) is 2.57. The lowest BCUT2D eigenvalue weighted by molar-refractivity contribution is -0.131. The maximum absolute atomic E-state index is 12.9. The van der Waals surface area contributed by atoms with E-state index in [9.17, 15) is 4.79 Å². The molecule has 0 spiro atoms. The fraction of sp³-hybridized carbons (Fsp3) is 0.474. The Morgan fingerprint density at radius 1 is 1.28 bits per heavy atom. The van der Waals surface area contributed by atoms with Gasteiger partial charge in [-0.15, -0.1) is 0 Å². The van der Waals surface area contributed by atoms with E-state index in [2.05, 4.69) is 5.10 Å². The van der Waals surface area contributed by atoms with Gasteiger partial charge in [-0.05, 0) is 38.5 Å². The number of aryl methyl sites for hydroxylation is 2. The second-order valence-electron chi connectivity index (χ2n) is 6.60. The van der Waals surface area contributed by atoms with E-state index < -0.39 is 0 Å². The Kier molecular flexibility index (Phi) is 4.70. The molecule has 0 bridgehead atoms. The second kappa shape index (κ2) is 6.78. The van der Waals surface area contributed by atoms with Crippen LogP contribution in [0.2, 0.25) is 0 Å². The molecule has 0 N–H and O–H groups in total. The molecule has 1 aromatic heterocycles. The van der Waals surface area contributed by atoms with Crippen LogP contribution in [0.15, 0.2) is 18.2 Å². The van der Waals surface area contributed by atoms with Crippen LogP contribution in [0.4, 0.5) is 0 Å². The predicted molar refractivity (Wildman–Crippen MR) is 95.0 cm³/mol. The van der Waals surface area contributed by atoms with Crippen LogP contribution >= 0.6 is 0 Å². The smallest absolute Gasteiger partial charge is 0.230 e. The van der Waals surface area contributed by atoms with E-state index >= 15 is 0 Å². The Bertz CT molecular complexity index is 797. The molecule has 0 unspecified atom stereocenters. The van der Waals surface area contributed by atoms with Gasteiger partial charge in [-0.2, -0.15) is 5.10 Å². The van der Waals surface area contributed by atoms with Gasteiger partial charge in [-0.25, -0.2) is 0 Å². The van der Waals surface area contributed by atoms with Crippen LogP contribution in [0.3, 0.4) is 0 Å². The molecule has 0 radical (unpaired) electrons. The molecule has 1 amide bonds. The quantitative estimate of drug-likeness (QED) is 0.856. The van der Waals surface area contributed by atoms with Gasteiger partial charge >= 0.3 is 0 Å². The number of likely N-dealkylation sites (N-methyl/N-ethyl adjacent to an activating group) is 1. The van der Waals surface area contributed by atoms with Crippen LogP contribution in [0, 0.1) is 13.8 Å². The number of carbonyl (C=O) groups is 1. The summed E-state index contributed by atoms with van der Waals surface area (Å²) < 4.78 is 13.0. The Labute approximate surface area is 148 Å². The standard InChI is InChI=1S/C19H25N3O3/c1-12(18-13(2)20-22(5)14(18)3)19(23)21(4)11-15-6-7-16-17(10-15)25-9-8-24-16/h6-7,10,12H,8-9,11H2,1-5H3/t12-/m1/s1. The van der Waals surface area contributed by atoms with Crippen molar-refractivity contribution in [3.05, 3.63) is 40.7 Å². The van der Waals surface area contributed by atoms with Crippen LogP contribution < -0.4 is 9.47 Å². The Hall–Kier alpha value is -2.50. The zero-order chi connectivity index (χ0) is 18.1. The maximum atomic E-state index is 12.9. The van der Waals surface area contributed by atoms with Gasteiger partial charge in [0.1, 0.15) is 13.2 Å². The van der Waals surface area contributed by atoms with Crippen LogP contribution in [0.5, 0.6) is 11.5 Å². The average molecular weight is 343 g/mol. The minimum Gasteiger partial charge on any atom is -0.486 e. The number of ether oxygens (including phenoxy) is 2. The molecule has 1 aromatic carbocycles. The molecule has 1 atom stereocenters. The van der Waals surface area contributed by atoms with Crippen molar-refractivity contribution < 1.29 is 14.3 Å². The summed E-state index contributed by atoms with van der Waals surface area (Å²) in [5.74, 6) is 1.36. The molecule has 1 aliphatic rings. The molecule has 1 aliphatic heterocycles. The summed E-state index contributed by atoms with van der Waals surface area (Å²) >= 11 is 0. The lowest BCUT2D eigenvalue weighted by Crippen LogP contribution is -2.30. The fourth-order valence-electron chi connectivity index (χ4n) is 3.41. The Balaban J connectivity index is 1.74. The molecule has 2 heterocycles. The summed E-state index contributed by atoms with van der Waals surface area (Å²) in [6.07, 6.45) is 0. The largest absolute Gasteiger partial charge is 0.486 e. The van der Waals surface area contributed by atoms with E-state index in [1.165, 1.54) is 0 Å². The zero-order valence-electron chi connectivity index (χ0n) is 15.5. The average Bonchev–Trinajstić information content (AvgIpc) is 2.85. The zero-order valence-corrected chi connectivity index (χ0v) is 15.5. The molecule has 2 aromatic rings. The number of aromatic nitrogens is 2. The first-order valence-electron chi connectivity index (χ1n) is 8.52. The molecule has 0 saturated carbocycles. The van der Waals surface area contributed by atoms with Crippen molar-refractivity contribution >= 4 is 5.91 Å². The number of hydrogen-bond donors (Lipinski definition) is 0. The highest BCUT2D eigenvalue weighted by Gasteiger charge is 2.25. The third-order valence-electron chi connectivity index (χ3n) is 4.77. The van der Waals surface area contributed by atoms with Gasteiger partial charge in [0, 0.05) is 31.9 Å². The number of fused-ring (bicyclic) bond motifs is 1. The van der Waals surface area contributed by atoms with Crippen molar-refractivity contribution in [2.75, 3.05) is 20.3 Å². The molecular formula is C19H25N3O3. The highest BCUT2D eigenvalue weighted by Crippen LogP contribution is 2.31. The van der Waals surface area contributed by atoms with Crippen LogP contribution in [0.1, 0.15) is 35.4 Å². The third kappa shape index (κ3) is 3.34. The van der Waals surface area contributed by atoms with Crippen molar-refractivity contribution in [2.45, 2.75) is 33.2 Å². The number of rotatable bonds is 4. The topological polar surface area (TPSA) is 56.6 Å². The number of carbonyl (C=O) groups excluding carboxylic acids is 1. The van der Waals surface area contributed by atoms with Crippen LogP contribution in [0.25, 0.3) is 0 Å². The monoisotopic (exact) mass is 343 g/mol. The first kappa shape index (κ1) is 17.3. The van der Waals surface area contributed by atoms with Gasteiger partial charge in [0.15, 0.2) is 11.5 Å². The Morgan fingerprint density at radius 2 is 1.96 bits per heavy atom. The fourth-order valence-corrected chi connectivity index (χ4v) is 3.41. The van der Waals surface area contributed by atoms with E-state index in [1.807, 2.05) is 57.7 Å². The van der Waals surface area contributed by atoms with Crippen LogP contribution in [-0.2, 0) is 18.4 Å². The van der Waals surface area contributed by atoms with Gasteiger partial charge in [0.05, 0.1) is 11.6 Å². The normalized spacial score (nSPS) is 14.3. The minimum absolute atomic E-state index is 0.0779. The number of benzene rings is 1. The highest BCUT2D eigenvalue weighted by atomic mass is 16.6. The van der Waals surface area contributed by atoms with E-state index in [0.717, 1.165) is 34.0 Å². The highest BCUT2D eigenvalue weighted by molar-refractivity contribution is 5.83. The summed E-state index contributed by atoms with van der Waals surface area (Å²) in [5, 5.41) is 4.42.